The first-order chi connectivity index (χ1) is 15.3. The fourth-order valence-electron chi connectivity index (χ4n) is 3.88. The van der Waals surface area contributed by atoms with E-state index in [-0.39, 0.29) is 23.6 Å². The van der Waals surface area contributed by atoms with Crippen LogP contribution < -0.4 is 10.2 Å². The van der Waals surface area contributed by atoms with Crippen molar-refractivity contribution in [3.63, 3.8) is 0 Å². The van der Waals surface area contributed by atoms with Gasteiger partial charge in [0, 0.05) is 42.9 Å². The smallest absolute Gasteiger partial charge is 0.281 e. The predicted octanol–water partition coefficient (Wildman–Crippen LogP) is 3.38. The molecule has 2 heterocycles. The summed E-state index contributed by atoms with van der Waals surface area (Å²) in [6.07, 6.45) is 3.32. The van der Waals surface area contributed by atoms with E-state index < -0.39 is 23.4 Å². The highest BCUT2D eigenvalue weighted by Gasteiger charge is 2.36. The van der Waals surface area contributed by atoms with Crippen molar-refractivity contribution in [3.8, 4) is 0 Å². The first-order valence-electron chi connectivity index (χ1n) is 10.5. The van der Waals surface area contributed by atoms with Gasteiger partial charge in [0.25, 0.3) is 17.7 Å². The summed E-state index contributed by atoms with van der Waals surface area (Å²) in [6.45, 7) is 3.56. The number of hydrogen-bond acceptors (Lipinski definition) is 4. The molecule has 0 radical (unpaired) electrons. The van der Waals surface area contributed by atoms with Crippen molar-refractivity contribution in [3.05, 3.63) is 77.0 Å². The molecule has 0 aromatic heterocycles. The molecule has 6 nitrogen and oxygen atoms in total. The molecule has 0 aliphatic carbocycles. The summed E-state index contributed by atoms with van der Waals surface area (Å²) in [5.74, 6) is -2.06. The van der Waals surface area contributed by atoms with Gasteiger partial charge < -0.3 is 10.2 Å². The SMILES string of the molecule is CC1CCN(C2=CC(=O)N(c3ccc(C(=O)NCc4ccc(F)cc4F)cc3)C2=O)CC1. The summed E-state index contributed by atoms with van der Waals surface area (Å²) < 4.78 is 26.7. The number of hydrogen-bond donors (Lipinski definition) is 1. The number of likely N-dealkylation sites (tertiary alicyclic amines) is 1. The number of carbonyl (C=O) groups excluding carboxylic acids is 3. The van der Waals surface area contributed by atoms with Gasteiger partial charge in [0.1, 0.15) is 17.3 Å². The number of nitrogens with zero attached hydrogens (tertiary/aromatic N) is 2. The van der Waals surface area contributed by atoms with E-state index in [2.05, 4.69) is 12.2 Å². The lowest BCUT2D eigenvalue weighted by molar-refractivity contribution is -0.121. The minimum absolute atomic E-state index is 0.0997. The van der Waals surface area contributed by atoms with Gasteiger partial charge in [0.2, 0.25) is 0 Å². The van der Waals surface area contributed by atoms with Gasteiger partial charge >= 0.3 is 0 Å². The van der Waals surface area contributed by atoms with Crippen molar-refractivity contribution in [2.24, 2.45) is 5.92 Å². The van der Waals surface area contributed by atoms with Crippen LogP contribution in [0.25, 0.3) is 0 Å². The first kappa shape index (κ1) is 21.7. The Bertz CT molecular complexity index is 1090. The van der Waals surface area contributed by atoms with Crippen LogP contribution in [-0.2, 0) is 16.1 Å². The molecule has 0 bridgehead atoms. The lowest BCUT2D eigenvalue weighted by atomic mass is 9.99. The number of amides is 3. The molecule has 2 aliphatic rings. The minimum atomic E-state index is -0.738. The van der Waals surface area contributed by atoms with E-state index in [0.717, 1.165) is 43.0 Å². The molecule has 0 spiro atoms. The molecule has 0 saturated carbocycles. The van der Waals surface area contributed by atoms with Gasteiger partial charge in [-0.15, -0.1) is 0 Å². The zero-order valence-electron chi connectivity index (χ0n) is 17.6. The molecule has 2 aromatic carbocycles. The average molecular weight is 439 g/mol. The summed E-state index contributed by atoms with van der Waals surface area (Å²) in [5, 5.41) is 2.57. The maximum Gasteiger partial charge on any atom is 0.281 e. The molecule has 3 amide bonds. The molecule has 32 heavy (non-hydrogen) atoms. The average Bonchev–Trinajstić information content (AvgIpc) is 3.07. The standard InChI is InChI=1S/C24H23F2N3O3/c1-15-8-10-28(11-9-15)21-13-22(30)29(24(21)32)19-6-3-16(4-7-19)23(31)27-14-17-2-5-18(25)12-20(17)26/h2-7,12-13,15H,8-11,14H2,1H3,(H,27,31). The second-order valence-electron chi connectivity index (χ2n) is 8.14. The Hall–Kier alpha value is -3.55. The highest BCUT2D eigenvalue weighted by Crippen LogP contribution is 2.28. The van der Waals surface area contributed by atoms with E-state index in [4.69, 9.17) is 0 Å². The predicted molar refractivity (Wildman–Crippen MR) is 115 cm³/mol. The monoisotopic (exact) mass is 439 g/mol. The van der Waals surface area contributed by atoms with E-state index in [0.29, 0.717) is 17.3 Å². The van der Waals surface area contributed by atoms with Crippen LogP contribution in [0.15, 0.2) is 54.2 Å². The van der Waals surface area contributed by atoms with E-state index in [9.17, 15) is 23.2 Å². The van der Waals surface area contributed by atoms with Crippen molar-refractivity contribution in [2.45, 2.75) is 26.3 Å². The van der Waals surface area contributed by atoms with Gasteiger partial charge in [0.15, 0.2) is 0 Å². The van der Waals surface area contributed by atoms with Crippen molar-refractivity contribution in [1.29, 1.82) is 0 Å². The molecule has 4 rings (SSSR count). The van der Waals surface area contributed by atoms with Gasteiger partial charge in [-0.1, -0.05) is 13.0 Å². The number of piperidine rings is 1. The van der Waals surface area contributed by atoms with Crippen LogP contribution in [-0.4, -0.2) is 35.7 Å². The fourth-order valence-corrected chi connectivity index (χ4v) is 3.88. The maximum absolute atomic E-state index is 13.7. The minimum Gasteiger partial charge on any atom is -0.367 e. The number of carbonyl (C=O) groups is 3. The summed E-state index contributed by atoms with van der Waals surface area (Å²) in [4.78, 5) is 40.8. The van der Waals surface area contributed by atoms with Crippen LogP contribution in [0, 0.1) is 17.6 Å². The molecular weight excluding hydrogens is 416 g/mol. The van der Waals surface area contributed by atoms with Crippen LogP contribution in [0.1, 0.15) is 35.7 Å². The second kappa shape index (κ2) is 8.90. The van der Waals surface area contributed by atoms with Gasteiger partial charge in [-0.25, -0.2) is 13.7 Å². The number of rotatable bonds is 5. The first-order valence-corrected chi connectivity index (χ1v) is 10.5. The third kappa shape index (κ3) is 4.39. The van der Waals surface area contributed by atoms with Gasteiger partial charge in [-0.2, -0.15) is 0 Å². The molecular formula is C24H23F2N3O3. The Labute approximate surface area is 184 Å². The number of nitrogens with one attached hydrogen (secondary N) is 1. The highest BCUT2D eigenvalue weighted by molar-refractivity contribution is 6.30. The lowest BCUT2D eigenvalue weighted by Crippen LogP contribution is -2.38. The summed E-state index contributed by atoms with van der Waals surface area (Å²) in [5.41, 5.74) is 1.23. The summed E-state index contributed by atoms with van der Waals surface area (Å²) >= 11 is 0. The Morgan fingerprint density at radius 3 is 2.41 bits per heavy atom. The van der Waals surface area contributed by atoms with E-state index in [1.807, 2.05) is 4.90 Å². The fraction of sp³-hybridized carbons (Fsp3) is 0.292. The highest BCUT2D eigenvalue weighted by atomic mass is 19.1. The van der Waals surface area contributed by atoms with Crippen LogP contribution in [0.4, 0.5) is 14.5 Å². The Morgan fingerprint density at radius 1 is 1.06 bits per heavy atom. The van der Waals surface area contributed by atoms with E-state index in [1.54, 1.807) is 0 Å². The second-order valence-corrected chi connectivity index (χ2v) is 8.14. The molecule has 8 heteroatoms. The van der Waals surface area contributed by atoms with Crippen LogP contribution in [0.5, 0.6) is 0 Å². The summed E-state index contributed by atoms with van der Waals surface area (Å²) in [7, 11) is 0. The molecule has 2 aliphatic heterocycles. The largest absolute Gasteiger partial charge is 0.367 e. The molecule has 0 unspecified atom stereocenters. The molecule has 1 N–H and O–H groups in total. The quantitative estimate of drug-likeness (QED) is 0.726. The maximum atomic E-state index is 13.7. The number of benzene rings is 2. The third-order valence-electron chi connectivity index (χ3n) is 5.87. The molecule has 1 saturated heterocycles. The van der Waals surface area contributed by atoms with Crippen molar-refractivity contribution in [1.82, 2.24) is 10.2 Å². The lowest BCUT2D eigenvalue weighted by Gasteiger charge is -2.32. The Kier molecular flexibility index (Phi) is 6.03. The Balaban J connectivity index is 1.40. The number of halogens is 2. The normalized spacial score (nSPS) is 17.0. The van der Waals surface area contributed by atoms with Crippen molar-refractivity contribution < 1.29 is 23.2 Å². The number of imide groups is 1. The van der Waals surface area contributed by atoms with Gasteiger partial charge in [-0.3, -0.25) is 14.4 Å². The number of anilines is 1. The van der Waals surface area contributed by atoms with Crippen molar-refractivity contribution >= 4 is 23.4 Å². The topological polar surface area (TPSA) is 69.7 Å². The van der Waals surface area contributed by atoms with Crippen LogP contribution in [0.2, 0.25) is 0 Å². The van der Waals surface area contributed by atoms with Gasteiger partial charge in [-0.05, 0) is 49.1 Å². The van der Waals surface area contributed by atoms with Crippen LogP contribution in [0.3, 0.4) is 0 Å². The van der Waals surface area contributed by atoms with Gasteiger partial charge in [0.05, 0.1) is 5.69 Å². The van der Waals surface area contributed by atoms with E-state index in [1.165, 1.54) is 36.4 Å². The zero-order valence-corrected chi connectivity index (χ0v) is 17.6. The van der Waals surface area contributed by atoms with Crippen LogP contribution >= 0.6 is 0 Å². The Morgan fingerprint density at radius 2 is 1.75 bits per heavy atom. The van der Waals surface area contributed by atoms with E-state index >= 15 is 0 Å². The molecule has 1 fully saturated rings. The summed E-state index contributed by atoms with van der Waals surface area (Å²) in [6, 6.07) is 9.19. The molecule has 0 atom stereocenters. The zero-order chi connectivity index (χ0) is 22.8. The molecule has 166 valence electrons. The van der Waals surface area contributed by atoms with Crippen molar-refractivity contribution in [2.75, 3.05) is 18.0 Å². The molecule has 2 aromatic rings. The third-order valence-corrected chi connectivity index (χ3v) is 5.87.